The van der Waals surface area contributed by atoms with Crippen LogP contribution >= 0.6 is 11.3 Å². The van der Waals surface area contributed by atoms with Gasteiger partial charge >= 0.3 is 0 Å². The zero-order valence-corrected chi connectivity index (χ0v) is 11.3. The molecule has 0 unspecified atom stereocenters. The van der Waals surface area contributed by atoms with Gasteiger partial charge in [-0.3, -0.25) is 0 Å². The zero-order chi connectivity index (χ0) is 13.1. The van der Waals surface area contributed by atoms with E-state index in [1.54, 1.807) is 11.3 Å². The Kier molecular flexibility index (Phi) is 3.49. The Morgan fingerprint density at radius 2 is 1.89 bits per heavy atom. The van der Waals surface area contributed by atoms with Crippen molar-refractivity contribution in [3.8, 4) is 5.75 Å². The molecule has 19 heavy (non-hydrogen) atoms. The number of hydrogen-bond acceptors (Lipinski definition) is 3. The molecule has 2 nitrogen and oxygen atoms in total. The Morgan fingerprint density at radius 3 is 2.68 bits per heavy atom. The van der Waals surface area contributed by atoms with E-state index < -0.39 is 0 Å². The number of nitrogens with two attached hydrogens (primary N) is 1. The van der Waals surface area contributed by atoms with Gasteiger partial charge in [0.05, 0.1) is 0 Å². The minimum absolute atomic E-state index is 0.574. The lowest BCUT2D eigenvalue weighted by Gasteiger charge is -2.05. The summed E-state index contributed by atoms with van der Waals surface area (Å²) in [5.74, 6) is 0.900. The molecule has 1 heterocycles. The molecule has 0 spiro atoms. The Hall–Kier alpha value is -1.84. The van der Waals surface area contributed by atoms with E-state index in [1.165, 1.54) is 15.6 Å². The summed E-state index contributed by atoms with van der Waals surface area (Å²) in [5, 5.41) is 3.41. The smallest absolute Gasteiger partial charge is 0.119 e. The minimum atomic E-state index is 0.574. The molecular weight excluding hydrogens is 254 g/mol. The third-order valence-corrected chi connectivity index (χ3v) is 4.10. The Labute approximate surface area is 116 Å². The van der Waals surface area contributed by atoms with Gasteiger partial charge in [-0.25, -0.2) is 0 Å². The first-order chi connectivity index (χ1) is 9.36. The van der Waals surface area contributed by atoms with E-state index in [0.29, 0.717) is 13.2 Å². The first kappa shape index (κ1) is 12.2. The Morgan fingerprint density at radius 1 is 1.05 bits per heavy atom. The van der Waals surface area contributed by atoms with Crippen molar-refractivity contribution in [1.29, 1.82) is 0 Å². The molecule has 0 saturated heterocycles. The molecule has 2 aromatic carbocycles. The van der Waals surface area contributed by atoms with Gasteiger partial charge in [-0.15, -0.1) is 11.3 Å². The van der Waals surface area contributed by atoms with Crippen LogP contribution in [0.15, 0.2) is 53.9 Å². The fourth-order valence-electron chi connectivity index (χ4n) is 2.05. The minimum Gasteiger partial charge on any atom is -0.489 e. The van der Waals surface area contributed by atoms with Gasteiger partial charge in [-0.2, -0.15) is 0 Å². The maximum absolute atomic E-state index is 5.81. The van der Waals surface area contributed by atoms with Gasteiger partial charge < -0.3 is 10.5 Å². The fraction of sp³-hybridized carbons (Fsp3) is 0.125. The molecule has 0 radical (unpaired) electrons. The monoisotopic (exact) mass is 269 g/mol. The molecule has 0 aliphatic carbocycles. The maximum atomic E-state index is 5.81. The van der Waals surface area contributed by atoms with Gasteiger partial charge in [0.25, 0.3) is 0 Å². The average molecular weight is 269 g/mol. The molecule has 0 bridgehead atoms. The molecule has 0 atom stereocenters. The van der Waals surface area contributed by atoms with Crippen molar-refractivity contribution >= 4 is 21.4 Å². The summed E-state index contributed by atoms with van der Waals surface area (Å²) in [7, 11) is 0. The summed E-state index contributed by atoms with van der Waals surface area (Å²) in [6.07, 6.45) is 0. The maximum Gasteiger partial charge on any atom is 0.119 e. The summed E-state index contributed by atoms with van der Waals surface area (Å²) in [5.41, 5.74) is 8.08. The second-order valence-corrected chi connectivity index (χ2v) is 5.31. The first-order valence-electron chi connectivity index (χ1n) is 6.24. The molecule has 3 heteroatoms. The fourth-order valence-corrected chi connectivity index (χ4v) is 2.97. The van der Waals surface area contributed by atoms with E-state index in [4.69, 9.17) is 10.5 Å². The van der Waals surface area contributed by atoms with Gasteiger partial charge in [0.1, 0.15) is 12.4 Å². The number of benzene rings is 2. The van der Waals surface area contributed by atoms with Gasteiger partial charge in [0.15, 0.2) is 0 Å². The van der Waals surface area contributed by atoms with Crippen LogP contribution in [0.3, 0.4) is 0 Å². The normalized spacial score (nSPS) is 10.8. The summed E-state index contributed by atoms with van der Waals surface area (Å²) in [6, 6.07) is 16.3. The van der Waals surface area contributed by atoms with Crippen LogP contribution in [0.1, 0.15) is 11.1 Å². The molecule has 1 aromatic heterocycles. The molecule has 0 aliphatic heterocycles. The second-order valence-electron chi connectivity index (χ2n) is 4.40. The van der Waals surface area contributed by atoms with Crippen molar-refractivity contribution in [2.24, 2.45) is 5.73 Å². The molecule has 3 aromatic rings. The summed E-state index contributed by atoms with van der Waals surface area (Å²) in [6.45, 7) is 1.17. The summed E-state index contributed by atoms with van der Waals surface area (Å²) >= 11 is 1.75. The van der Waals surface area contributed by atoms with E-state index in [1.807, 2.05) is 30.3 Å². The lowest BCUT2D eigenvalue weighted by molar-refractivity contribution is 0.308. The average Bonchev–Trinajstić information content (AvgIpc) is 2.88. The van der Waals surface area contributed by atoms with Crippen molar-refractivity contribution in [1.82, 2.24) is 0 Å². The SMILES string of the molecule is NCc1ccc2scc(COc3ccccc3)c2c1. The molecular formula is C16H15NOS. The zero-order valence-electron chi connectivity index (χ0n) is 10.5. The first-order valence-corrected chi connectivity index (χ1v) is 7.12. The molecule has 0 fully saturated rings. The molecule has 3 rings (SSSR count). The summed E-state index contributed by atoms with van der Waals surface area (Å²) < 4.78 is 7.09. The van der Waals surface area contributed by atoms with Crippen LogP contribution in [0.2, 0.25) is 0 Å². The highest BCUT2D eigenvalue weighted by Gasteiger charge is 2.05. The van der Waals surface area contributed by atoms with Gasteiger partial charge in [0, 0.05) is 16.8 Å². The highest BCUT2D eigenvalue weighted by molar-refractivity contribution is 7.17. The highest BCUT2D eigenvalue weighted by atomic mass is 32.1. The number of rotatable bonds is 4. The standard InChI is InChI=1S/C16H15NOS/c17-9-12-6-7-16-15(8-12)13(11-19-16)10-18-14-4-2-1-3-5-14/h1-8,11H,9-10,17H2. The Balaban J connectivity index is 1.84. The van der Waals surface area contributed by atoms with Crippen molar-refractivity contribution in [3.63, 3.8) is 0 Å². The number of ether oxygens (including phenoxy) is 1. The summed E-state index contributed by atoms with van der Waals surface area (Å²) in [4.78, 5) is 0. The van der Waals surface area contributed by atoms with Gasteiger partial charge in [0.2, 0.25) is 0 Å². The number of para-hydroxylation sites is 1. The van der Waals surface area contributed by atoms with Crippen LogP contribution in [0.4, 0.5) is 0 Å². The van der Waals surface area contributed by atoms with Crippen molar-refractivity contribution in [3.05, 3.63) is 65.0 Å². The van der Waals surface area contributed by atoms with E-state index in [2.05, 4.69) is 23.6 Å². The van der Waals surface area contributed by atoms with Crippen LogP contribution in [0.5, 0.6) is 5.75 Å². The predicted octanol–water partition coefficient (Wildman–Crippen LogP) is 3.94. The topological polar surface area (TPSA) is 35.2 Å². The molecule has 0 amide bonds. The largest absolute Gasteiger partial charge is 0.489 e. The lowest BCUT2D eigenvalue weighted by Crippen LogP contribution is -1.97. The number of fused-ring (bicyclic) bond motifs is 1. The quantitative estimate of drug-likeness (QED) is 0.778. The van der Waals surface area contributed by atoms with Crippen LogP contribution < -0.4 is 10.5 Å². The van der Waals surface area contributed by atoms with E-state index >= 15 is 0 Å². The second kappa shape index (κ2) is 5.43. The van der Waals surface area contributed by atoms with Crippen molar-refractivity contribution < 1.29 is 4.74 Å². The number of thiophene rings is 1. The van der Waals surface area contributed by atoms with Gasteiger partial charge in [-0.05, 0) is 40.6 Å². The van der Waals surface area contributed by atoms with Crippen LogP contribution in [-0.2, 0) is 13.2 Å². The molecule has 96 valence electrons. The van der Waals surface area contributed by atoms with Crippen molar-refractivity contribution in [2.75, 3.05) is 0 Å². The Bertz CT molecular complexity index is 676. The third kappa shape index (κ3) is 2.62. The van der Waals surface area contributed by atoms with E-state index in [9.17, 15) is 0 Å². The predicted molar refractivity (Wildman–Crippen MR) is 80.5 cm³/mol. The molecule has 0 aliphatic rings. The third-order valence-electron chi connectivity index (χ3n) is 3.09. The van der Waals surface area contributed by atoms with Crippen LogP contribution in [-0.4, -0.2) is 0 Å². The molecule has 0 saturated carbocycles. The highest BCUT2D eigenvalue weighted by Crippen LogP contribution is 2.28. The molecule has 2 N–H and O–H groups in total. The van der Waals surface area contributed by atoms with Crippen molar-refractivity contribution in [2.45, 2.75) is 13.2 Å². The van der Waals surface area contributed by atoms with Gasteiger partial charge in [-0.1, -0.05) is 24.3 Å². The van der Waals surface area contributed by atoms with Crippen LogP contribution in [0.25, 0.3) is 10.1 Å². The number of hydrogen-bond donors (Lipinski definition) is 1. The van der Waals surface area contributed by atoms with Crippen LogP contribution in [0, 0.1) is 0 Å². The lowest BCUT2D eigenvalue weighted by atomic mass is 10.1. The van der Waals surface area contributed by atoms with E-state index in [0.717, 1.165) is 11.3 Å². The van der Waals surface area contributed by atoms with E-state index in [-0.39, 0.29) is 0 Å².